The van der Waals surface area contributed by atoms with Crippen LogP contribution in [0.15, 0.2) is 194 Å². The monoisotopic (exact) mass is 880 g/mol. The molecule has 0 saturated carbocycles. The van der Waals surface area contributed by atoms with Crippen molar-refractivity contribution in [2.45, 2.75) is 79.1 Å². The van der Waals surface area contributed by atoms with Crippen LogP contribution in [0.2, 0.25) is 0 Å². The Balaban J connectivity index is 1.08. The highest BCUT2D eigenvalue weighted by Gasteiger charge is 2.22. The second-order valence-corrected chi connectivity index (χ2v) is 20.8. The maximum atomic E-state index is 2.45. The summed E-state index contributed by atoms with van der Waals surface area (Å²) in [6.07, 6.45) is 2.01. The minimum absolute atomic E-state index is 0.0635. The molecule has 0 aliphatic heterocycles. The van der Waals surface area contributed by atoms with E-state index in [1.165, 1.54) is 110 Å². The highest BCUT2D eigenvalue weighted by Crippen LogP contribution is 2.44. The fourth-order valence-corrected chi connectivity index (χ4v) is 10.4. The van der Waals surface area contributed by atoms with E-state index in [-0.39, 0.29) is 10.8 Å². The van der Waals surface area contributed by atoms with Crippen molar-refractivity contribution >= 4 is 43.6 Å². The second-order valence-electron chi connectivity index (χ2n) is 20.8. The Kier molecular flexibility index (Phi) is 10.6. The zero-order valence-corrected chi connectivity index (χ0v) is 40.8. The van der Waals surface area contributed by atoms with Gasteiger partial charge >= 0.3 is 0 Å². The summed E-state index contributed by atoms with van der Waals surface area (Å²) in [7, 11) is 0. The molecule has 2 nitrogen and oxygen atoms in total. The molecule has 0 fully saturated rings. The lowest BCUT2D eigenvalue weighted by atomic mass is 9.85. The molecule has 0 unspecified atom stereocenters. The molecule has 2 heteroatoms. The topological polar surface area (TPSA) is 9.86 Å². The predicted octanol–water partition coefficient (Wildman–Crippen LogP) is 18.3. The summed E-state index contributed by atoms with van der Waals surface area (Å²) in [6.45, 7) is 18.2. The summed E-state index contributed by atoms with van der Waals surface area (Å²) in [6, 6.07) is 73.6. The van der Waals surface area contributed by atoms with Gasteiger partial charge in [0.2, 0.25) is 0 Å². The van der Waals surface area contributed by atoms with Crippen molar-refractivity contribution < 1.29 is 0 Å². The third kappa shape index (κ3) is 7.53. The van der Waals surface area contributed by atoms with Gasteiger partial charge in [0.15, 0.2) is 0 Å². The smallest absolute Gasteiger partial charge is 0.0541 e. The molecule has 9 aromatic carbocycles. The molecule has 2 aromatic heterocycles. The first-order valence-electron chi connectivity index (χ1n) is 24.5. The molecular weight excluding hydrogens is 821 g/mol. The van der Waals surface area contributed by atoms with Gasteiger partial charge in [-0.1, -0.05) is 177 Å². The van der Waals surface area contributed by atoms with Gasteiger partial charge in [0.05, 0.1) is 22.1 Å². The molecule has 0 aliphatic carbocycles. The zero-order valence-electron chi connectivity index (χ0n) is 40.8. The summed E-state index contributed by atoms with van der Waals surface area (Å²) in [5, 5.41) is 5.15. The Morgan fingerprint density at radius 1 is 0.309 bits per heavy atom. The number of rotatable bonds is 8. The van der Waals surface area contributed by atoms with Gasteiger partial charge in [-0.3, -0.25) is 0 Å². The molecule has 0 amide bonds. The van der Waals surface area contributed by atoms with Crippen LogP contribution in [0.25, 0.3) is 99.5 Å². The van der Waals surface area contributed by atoms with Crippen LogP contribution < -0.4 is 0 Å². The SMILES string of the molecule is CCc1ccc(-c2cc(-c3ccc(-n4c5ccccc5c5cc(C(C)(C)C)ccc54)cc3)c(-c3ccc(CC)cc3)cc2-c2ccc(-n3c4ccccc4c4cc(C(C)(C)C)ccc43)cc2)cc1. The summed E-state index contributed by atoms with van der Waals surface area (Å²) in [4.78, 5) is 0. The first-order chi connectivity index (χ1) is 32.9. The molecule has 68 heavy (non-hydrogen) atoms. The molecule has 0 saturated heterocycles. The third-order valence-corrected chi connectivity index (χ3v) is 14.5. The summed E-state index contributed by atoms with van der Waals surface area (Å²) >= 11 is 0. The van der Waals surface area contributed by atoms with Gasteiger partial charge in [-0.15, -0.1) is 0 Å². The Hall–Kier alpha value is -7.42. The van der Waals surface area contributed by atoms with Crippen molar-refractivity contribution in [2.24, 2.45) is 0 Å². The van der Waals surface area contributed by atoms with Crippen molar-refractivity contribution in [3.05, 3.63) is 216 Å². The maximum Gasteiger partial charge on any atom is 0.0541 e. The first kappa shape index (κ1) is 43.2. The largest absolute Gasteiger partial charge is 0.309 e. The molecule has 0 N–H and O–H groups in total. The van der Waals surface area contributed by atoms with Crippen LogP contribution in [-0.4, -0.2) is 9.13 Å². The number of para-hydroxylation sites is 2. The van der Waals surface area contributed by atoms with E-state index in [0.717, 1.165) is 24.2 Å². The highest BCUT2D eigenvalue weighted by atomic mass is 15.0. The summed E-state index contributed by atoms with van der Waals surface area (Å²) < 4.78 is 4.86. The quantitative estimate of drug-likeness (QED) is 0.144. The lowest BCUT2D eigenvalue weighted by Gasteiger charge is -2.20. The summed E-state index contributed by atoms with van der Waals surface area (Å²) in [5.41, 5.74) is 22.4. The average molecular weight is 881 g/mol. The lowest BCUT2D eigenvalue weighted by Crippen LogP contribution is -2.10. The molecule has 0 atom stereocenters. The van der Waals surface area contributed by atoms with Gasteiger partial charge in [0.25, 0.3) is 0 Å². The van der Waals surface area contributed by atoms with E-state index in [9.17, 15) is 0 Å². The van der Waals surface area contributed by atoms with Crippen LogP contribution in [0.3, 0.4) is 0 Å². The van der Waals surface area contributed by atoms with Crippen molar-refractivity contribution in [3.8, 4) is 55.9 Å². The number of fused-ring (bicyclic) bond motifs is 6. The van der Waals surface area contributed by atoms with E-state index < -0.39 is 0 Å². The van der Waals surface area contributed by atoms with Gasteiger partial charge in [0.1, 0.15) is 0 Å². The van der Waals surface area contributed by atoms with Gasteiger partial charge in [-0.2, -0.15) is 0 Å². The molecule has 0 spiro atoms. The average Bonchev–Trinajstić information content (AvgIpc) is 3.88. The van der Waals surface area contributed by atoms with E-state index in [0.29, 0.717) is 0 Å². The molecule has 0 radical (unpaired) electrons. The number of aryl methyl sites for hydroxylation is 2. The van der Waals surface area contributed by atoms with Crippen molar-refractivity contribution in [1.29, 1.82) is 0 Å². The Morgan fingerprint density at radius 3 is 0.941 bits per heavy atom. The Labute approximate surface area is 402 Å². The number of hydrogen-bond donors (Lipinski definition) is 0. The third-order valence-electron chi connectivity index (χ3n) is 14.5. The standard InChI is InChI=1S/C66H60N2/c1-9-43-19-23-45(24-20-43)55-41-58(48-29-35-52(36-30-48)68-62-18-14-12-16-54(62)60-40-50(66(6,7)8)32-38-64(60)68)56(46-25-21-44(10-2)22-26-46)42-57(55)47-27-33-51(34-28-47)67-61-17-13-11-15-53(61)59-39-49(65(3,4)5)31-37-63(59)67/h11-42H,9-10H2,1-8H3. The van der Waals surface area contributed by atoms with Gasteiger partial charge in [-0.25, -0.2) is 0 Å². The Morgan fingerprint density at radius 2 is 0.618 bits per heavy atom. The van der Waals surface area contributed by atoms with Gasteiger partial charge in [-0.05, 0) is 163 Å². The number of aromatic nitrogens is 2. The first-order valence-corrected chi connectivity index (χ1v) is 24.5. The van der Waals surface area contributed by atoms with Gasteiger partial charge in [0, 0.05) is 32.9 Å². The predicted molar refractivity (Wildman–Crippen MR) is 293 cm³/mol. The van der Waals surface area contributed by atoms with Crippen LogP contribution in [0.5, 0.6) is 0 Å². The second kappa shape index (κ2) is 16.7. The van der Waals surface area contributed by atoms with Crippen molar-refractivity contribution in [2.75, 3.05) is 0 Å². The zero-order chi connectivity index (χ0) is 46.9. The van der Waals surface area contributed by atoms with Crippen LogP contribution in [-0.2, 0) is 23.7 Å². The van der Waals surface area contributed by atoms with E-state index in [4.69, 9.17) is 0 Å². The van der Waals surface area contributed by atoms with Gasteiger partial charge < -0.3 is 9.13 Å². The highest BCUT2D eigenvalue weighted by molar-refractivity contribution is 6.11. The minimum atomic E-state index is 0.0635. The van der Waals surface area contributed by atoms with Crippen LogP contribution >= 0.6 is 0 Å². The maximum absolute atomic E-state index is 2.45. The normalized spacial score (nSPS) is 12.2. The van der Waals surface area contributed by atoms with Crippen LogP contribution in [0, 0.1) is 0 Å². The van der Waals surface area contributed by atoms with Crippen LogP contribution in [0.1, 0.15) is 77.6 Å². The molecule has 0 bridgehead atoms. The summed E-state index contributed by atoms with van der Waals surface area (Å²) in [5.74, 6) is 0. The minimum Gasteiger partial charge on any atom is -0.309 e. The molecule has 11 aromatic rings. The lowest BCUT2D eigenvalue weighted by molar-refractivity contribution is 0.591. The van der Waals surface area contributed by atoms with E-state index >= 15 is 0 Å². The van der Waals surface area contributed by atoms with E-state index in [1.807, 2.05) is 0 Å². The number of nitrogens with zero attached hydrogens (tertiary/aromatic N) is 2. The fourth-order valence-electron chi connectivity index (χ4n) is 10.4. The molecule has 2 heterocycles. The van der Waals surface area contributed by atoms with E-state index in [2.05, 4.69) is 259 Å². The van der Waals surface area contributed by atoms with Crippen molar-refractivity contribution in [1.82, 2.24) is 9.13 Å². The number of hydrogen-bond acceptors (Lipinski definition) is 0. The fraction of sp³-hybridized carbons (Fsp3) is 0.182. The Bertz CT molecular complexity index is 3410. The molecule has 11 rings (SSSR count). The molecule has 334 valence electrons. The van der Waals surface area contributed by atoms with Crippen molar-refractivity contribution in [3.63, 3.8) is 0 Å². The van der Waals surface area contributed by atoms with E-state index in [1.54, 1.807) is 0 Å². The molecular formula is C66H60N2. The molecule has 0 aliphatic rings. The van der Waals surface area contributed by atoms with Crippen LogP contribution in [0.4, 0.5) is 0 Å². The number of benzene rings is 9.